The Kier molecular flexibility index (Phi) is 5.46. The highest BCUT2D eigenvalue weighted by molar-refractivity contribution is 9.10. The van der Waals surface area contributed by atoms with Gasteiger partial charge in [0.15, 0.2) is 0 Å². The van der Waals surface area contributed by atoms with E-state index in [4.69, 9.17) is 4.74 Å². The Bertz CT molecular complexity index is 505. The zero-order chi connectivity index (χ0) is 13.5. The number of hydrogen-bond acceptors (Lipinski definition) is 1. The molecule has 0 aliphatic heterocycles. The smallest absolute Gasteiger partial charge is 0.119 e. The van der Waals surface area contributed by atoms with Crippen molar-refractivity contribution in [3.8, 4) is 5.75 Å². The van der Waals surface area contributed by atoms with Crippen molar-refractivity contribution in [3.05, 3.63) is 64.1 Å². The van der Waals surface area contributed by atoms with Gasteiger partial charge in [-0.3, -0.25) is 0 Å². The molecule has 1 nitrogen and oxygen atoms in total. The van der Waals surface area contributed by atoms with Crippen molar-refractivity contribution in [1.29, 1.82) is 0 Å². The minimum absolute atomic E-state index is 0.605. The third kappa shape index (κ3) is 4.71. The van der Waals surface area contributed by atoms with Gasteiger partial charge in [0.2, 0.25) is 0 Å². The molecule has 0 N–H and O–H groups in total. The minimum atomic E-state index is 0.605. The zero-order valence-corrected chi connectivity index (χ0v) is 12.8. The van der Waals surface area contributed by atoms with Gasteiger partial charge in [-0.2, -0.15) is 0 Å². The van der Waals surface area contributed by atoms with Crippen molar-refractivity contribution in [2.24, 2.45) is 0 Å². The van der Waals surface area contributed by atoms with Crippen LogP contribution in [0.4, 0.5) is 0 Å². The number of benzene rings is 2. The molecule has 2 aromatic carbocycles. The molecule has 0 saturated carbocycles. The standard InChI is InChI=1S/C17H19BrO/c1-2-3-5-14-8-10-17(11-9-14)19-13-15-6-4-7-16(18)12-15/h4,6-12H,2-3,5,13H2,1H3. The molecule has 0 aromatic heterocycles. The van der Waals surface area contributed by atoms with Gasteiger partial charge in [-0.1, -0.05) is 53.5 Å². The number of ether oxygens (including phenoxy) is 1. The van der Waals surface area contributed by atoms with Crippen LogP contribution in [0.1, 0.15) is 30.9 Å². The van der Waals surface area contributed by atoms with Gasteiger partial charge in [0.25, 0.3) is 0 Å². The molecule has 0 fully saturated rings. The second kappa shape index (κ2) is 7.34. The summed E-state index contributed by atoms with van der Waals surface area (Å²) in [5.41, 5.74) is 2.56. The maximum Gasteiger partial charge on any atom is 0.119 e. The highest BCUT2D eigenvalue weighted by atomic mass is 79.9. The van der Waals surface area contributed by atoms with Crippen LogP contribution in [0, 0.1) is 0 Å². The van der Waals surface area contributed by atoms with E-state index < -0.39 is 0 Å². The molecular formula is C17H19BrO. The first-order valence-electron chi connectivity index (χ1n) is 6.74. The normalized spacial score (nSPS) is 10.4. The molecule has 2 heteroatoms. The number of unbranched alkanes of at least 4 members (excludes halogenated alkanes) is 1. The third-order valence-corrected chi connectivity index (χ3v) is 3.53. The van der Waals surface area contributed by atoms with Crippen molar-refractivity contribution in [2.75, 3.05) is 0 Å². The average molecular weight is 319 g/mol. The van der Waals surface area contributed by atoms with Gasteiger partial charge in [0.05, 0.1) is 0 Å². The summed E-state index contributed by atoms with van der Waals surface area (Å²) in [6.07, 6.45) is 3.64. The summed E-state index contributed by atoms with van der Waals surface area (Å²) in [6.45, 7) is 2.82. The van der Waals surface area contributed by atoms with Crippen molar-refractivity contribution in [3.63, 3.8) is 0 Å². The van der Waals surface area contributed by atoms with Gasteiger partial charge in [-0.05, 0) is 48.2 Å². The fourth-order valence-electron chi connectivity index (χ4n) is 1.93. The molecule has 0 aliphatic rings. The Hall–Kier alpha value is -1.28. The lowest BCUT2D eigenvalue weighted by atomic mass is 10.1. The average Bonchev–Trinajstić information content (AvgIpc) is 2.44. The van der Waals surface area contributed by atoms with Crippen LogP contribution >= 0.6 is 15.9 Å². The summed E-state index contributed by atoms with van der Waals surface area (Å²) < 4.78 is 6.87. The summed E-state index contributed by atoms with van der Waals surface area (Å²) in [5, 5.41) is 0. The number of hydrogen-bond donors (Lipinski definition) is 0. The molecular weight excluding hydrogens is 300 g/mol. The highest BCUT2D eigenvalue weighted by Crippen LogP contribution is 2.17. The molecule has 0 heterocycles. The van der Waals surface area contributed by atoms with Gasteiger partial charge >= 0.3 is 0 Å². The van der Waals surface area contributed by atoms with E-state index in [-0.39, 0.29) is 0 Å². The van der Waals surface area contributed by atoms with Crippen LogP contribution in [-0.4, -0.2) is 0 Å². The van der Waals surface area contributed by atoms with Gasteiger partial charge in [0.1, 0.15) is 12.4 Å². The SMILES string of the molecule is CCCCc1ccc(OCc2cccc(Br)c2)cc1. The van der Waals surface area contributed by atoms with Crippen molar-refractivity contribution < 1.29 is 4.74 Å². The predicted molar refractivity (Wildman–Crippen MR) is 83.5 cm³/mol. The summed E-state index contributed by atoms with van der Waals surface area (Å²) in [6, 6.07) is 16.6. The maximum absolute atomic E-state index is 5.79. The first-order valence-corrected chi connectivity index (χ1v) is 7.53. The molecule has 0 amide bonds. The van der Waals surface area contributed by atoms with Crippen LogP contribution in [-0.2, 0) is 13.0 Å². The third-order valence-electron chi connectivity index (χ3n) is 3.04. The zero-order valence-electron chi connectivity index (χ0n) is 11.2. The molecule has 100 valence electrons. The largest absolute Gasteiger partial charge is 0.489 e. The van der Waals surface area contributed by atoms with E-state index in [9.17, 15) is 0 Å². The van der Waals surface area contributed by atoms with Crippen LogP contribution < -0.4 is 4.74 Å². The summed E-state index contributed by atoms with van der Waals surface area (Å²) in [5.74, 6) is 0.931. The van der Waals surface area contributed by atoms with E-state index in [0.29, 0.717) is 6.61 Å². The monoisotopic (exact) mass is 318 g/mol. The number of halogens is 1. The van der Waals surface area contributed by atoms with E-state index in [2.05, 4.69) is 59.3 Å². The van der Waals surface area contributed by atoms with E-state index in [1.165, 1.54) is 24.0 Å². The predicted octanol–water partition coefficient (Wildman–Crippen LogP) is 5.37. The van der Waals surface area contributed by atoms with Gasteiger partial charge in [-0.25, -0.2) is 0 Å². The molecule has 0 atom stereocenters. The molecule has 2 rings (SSSR count). The van der Waals surface area contributed by atoms with E-state index in [1.54, 1.807) is 0 Å². The molecule has 0 aliphatic carbocycles. The first-order chi connectivity index (χ1) is 9.28. The van der Waals surface area contributed by atoms with Crippen molar-refractivity contribution in [1.82, 2.24) is 0 Å². The number of aryl methyl sites for hydroxylation is 1. The number of rotatable bonds is 6. The van der Waals surface area contributed by atoms with Crippen LogP contribution in [0.25, 0.3) is 0 Å². The quantitative estimate of drug-likeness (QED) is 0.695. The molecule has 0 saturated heterocycles. The van der Waals surface area contributed by atoms with Crippen LogP contribution in [0.3, 0.4) is 0 Å². The Balaban J connectivity index is 1.89. The van der Waals surface area contributed by atoms with Crippen molar-refractivity contribution in [2.45, 2.75) is 32.8 Å². The Labute approximate surface area is 123 Å². The second-order valence-electron chi connectivity index (χ2n) is 4.67. The molecule has 0 spiro atoms. The highest BCUT2D eigenvalue weighted by Gasteiger charge is 1.98. The van der Waals surface area contributed by atoms with E-state index in [0.717, 1.165) is 16.6 Å². The van der Waals surface area contributed by atoms with Gasteiger partial charge < -0.3 is 4.74 Å². The molecule has 0 bridgehead atoms. The first kappa shape index (κ1) is 14.1. The molecule has 0 unspecified atom stereocenters. The van der Waals surface area contributed by atoms with Gasteiger partial charge in [0, 0.05) is 4.47 Å². The van der Waals surface area contributed by atoms with Gasteiger partial charge in [-0.15, -0.1) is 0 Å². The topological polar surface area (TPSA) is 9.23 Å². The van der Waals surface area contributed by atoms with Crippen molar-refractivity contribution >= 4 is 15.9 Å². The maximum atomic E-state index is 5.79. The molecule has 0 radical (unpaired) electrons. The van der Waals surface area contributed by atoms with E-state index >= 15 is 0 Å². The summed E-state index contributed by atoms with van der Waals surface area (Å²) >= 11 is 3.47. The summed E-state index contributed by atoms with van der Waals surface area (Å²) in [7, 11) is 0. The Morgan fingerprint density at radius 1 is 1.00 bits per heavy atom. The lowest BCUT2D eigenvalue weighted by molar-refractivity contribution is 0.306. The van der Waals surface area contributed by atoms with Crippen LogP contribution in [0.5, 0.6) is 5.75 Å². The fraction of sp³-hybridized carbons (Fsp3) is 0.294. The lowest BCUT2D eigenvalue weighted by Crippen LogP contribution is -1.95. The minimum Gasteiger partial charge on any atom is -0.489 e. The Morgan fingerprint density at radius 3 is 2.47 bits per heavy atom. The lowest BCUT2D eigenvalue weighted by Gasteiger charge is -2.07. The fourth-order valence-corrected chi connectivity index (χ4v) is 2.37. The van der Waals surface area contributed by atoms with Crippen LogP contribution in [0.2, 0.25) is 0 Å². The van der Waals surface area contributed by atoms with E-state index in [1.807, 2.05) is 12.1 Å². The summed E-state index contributed by atoms with van der Waals surface area (Å²) in [4.78, 5) is 0. The second-order valence-corrected chi connectivity index (χ2v) is 5.58. The molecule has 2 aromatic rings. The molecule has 19 heavy (non-hydrogen) atoms. The Morgan fingerprint density at radius 2 is 1.79 bits per heavy atom. The van der Waals surface area contributed by atoms with Crippen LogP contribution in [0.15, 0.2) is 53.0 Å².